The van der Waals surface area contributed by atoms with E-state index in [1.165, 1.54) is 12.0 Å². The normalized spacial score (nSPS) is 12.0. The van der Waals surface area contributed by atoms with Crippen molar-refractivity contribution in [1.29, 1.82) is 0 Å². The average molecular weight is 275 g/mol. The van der Waals surface area contributed by atoms with Crippen molar-refractivity contribution in [3.63, 3.8) is 0 Å². The summed E-state index contributed by atoms with van der Waals surface area (Å²) < 4.78 is 4.77. The number of nitrogens with zero attached hydrogens (tertiary/aromatic N) is 1. The number of rotatable bonds is 8. The summed E-state index contributed by atoms with van der Waals surface area (Å²) in [6.07, 6.45) is 0.139. The third-order valence-electron chi connectivity index (χ3n) is 2.42. The molecule has 110 valence electrons. The number of carboxylic acids is 1. The molecule has 0 radical (unpaired) electrons. The molecule has 3 amide bonds. The zero-order valence-corrected chi connectivity index (χ0v) is 11.4. The summed E-state index contributed by atoms with van der Waals surface area (Å²) in [4.78, 5) is 34.9. The molecule has 0 rings (SSSR count). The summed E-state index contributed by atoms with van der Waals surface area (Å²) in [5, 5.41) is 11.3. The SMILES string of the molecule is COCCC(NC(=O)N(CC(N)=O)C(C)C)C(=O)O. The molecule has 1 unspecified atom stereocenters. The number of carboxylic acid groups (broad SMARTS) is 1. The second kappa shape index (κ2) is 8.30. The van der Waals surface area contributed by atoms with Crippen molar-refractivity contribution in [3.05, 3.63) is 0 Å². The van der Waals surface area contributed by atoms with Crippen LogP contribution in [0.15, 0.2) is 0 Å². The summed E-state index contributed by atoms with van der Waals surface area (Å²) in [5.74, 6) is -1.82. The first-order chi connectivity index (χ1) is 8.79. The van der Waals surface area contributed by atoms with E-state index < -0.39 is 23.9 Å². The highest BCUT2D eigenvalue weighted by Gasteiger charge is 2.25. The van der Waals surface area contributed by atoms with Gasteiger partial charge in [-0.05, 0) is 13.8 Å². The lowest BCUT2D eigenvalue weighted by molar-refractivity contribution is -0.139. The molecule has 0 bridgehead atoms. The number of nitrogens with two attached hydrogens (primary N) is 1. The number of hydrogen-bond donors (Lipinski definition) is 3. The summed E-state index contributed by atoms with van der Waals surface area (Å²) in [7, 11) is 1.44. The molecule has 0 fully saturated rings. The molecule has 0 aromatic heterocycles. The van der Waals surface area contributed by atoms with Gasteiger partial charge in [0.25, 0.3) is 0 Å². The number of nitrogens with one attached hydrogen (secondary N) is 1. The fourth-order valence-electron chi connectivity index (χ4n) is 1.38. The lowest BCUT2D eigenvalue weighted by atomic mass is 10.2. The van der Waals surface area contributed by atoms with E-state index >= 15 is 0 Å². The van der Waals surface area contributed by atoms with Gasteiger partial charge < -0.3 is 25.8 Å². The topological polar surface area (TPSA) is 122 Å². The number of carbonyl (C=O) groups is 3. The second-order valence-electron chi connectivity index (χ2n) is 4.31. The van der Waals surface area contributed by atoms with E-state index in [-0.39, 0.29) is 25.6 Å². The van der Waals surface area contributed by atoms with Crippen LogP contribution in [0.4, 0.5) is 4.79 Å². The molecule has 0 aliphatic carbocycles. The Morgan fingerprint density at radius 3 is 2.32 bits per heavy atom. The fourth-order valence-corrected chi connectivity index (χ4v) is 1.38. The third-order valence-corrected chi connectivity index (χ3v) is 2.42. The molecule has 0 spiro atoms. The van der Waals surface area contributed by atoms with Gasteiger partial charge >= 0.3 is 12.0 Å². The number of primary amides is 1. The van der Waals surface area contributed by atoms with Gasteiger partial charge in [-0.25, -0.2) is 9.59 Å². The van der Waals surface area contributed by atoms with Gasteiger partial charge in [0.1, 0.15) is 12.6 Å². The maximum Gasteiger partial charge on any atom is 0.326 e. The smallest absolute Gasteiger partial charge is 0.326 e. The van der Waals surface area contributed by atoms with Crippen molar-refractivity contribution in [1.82, 2.24) is 10.2 Å². The van der Waals surface area contributed by atoms with Crippen LogP contribution < -0.4 is 11.1 Å². The highest BCUT2D eigenvalue weighted by atomic mass is 16.5. The number of carbonyl (C=O) groups excluding carboxylic acids is 2. The van der Waals surface area contributed by atoms with Crippen LogP contribution >= 0.6 is 0 Å². The first kappa shape index (κ1) is 17.2. The second-order valence-corrected chi connectivity index (χ2v) is 4.31. The molecule has 0 saturated carbocycles. The molecule has 4 N–H and O–H groups in total. The molecule has 1 atom stereocenters. The van der Waals surface area contributed by atoms with Crippen LogP contribution in [0.25, 0.3) is 0 Å². The zero-order chi connectivity index (χ0) is 15.0. The Morgan fingerprint density at radius 2 is 1.95 bits per heavy atom. The predicted molar refractivity (Wildman–Crippen MR) is 67.5 cm³/mol. The van der Waals surface area contributed by atoms with E-state index in [0.717, 1.165) is 0 Å². The predicted octanol–water partition coefficient (Wildman–Crippen LogP) is -0.619. The molecule has 8 nitrogen and oxygen atoms in total. The lowest BCUT2D eigenvalue weighted by Gasteiger charge is -2.27. The van der Waals surface area contributed by atoms with Crippen molar-refractivity contribution >= 4 is 17.9 Å². The highest BCUT2D eigenvalue weighted by Crippen LogP contribution is 2.01. The molecule has 0 aromatic carbocycles. The first-order valence-corrected chi connectivity index (χ1v) is 5.86. The first-order valence-electron chi connectivity index (χ1n) is 5.86. The largest absolute Gasteiger partial charge is 0.480 e. The lowest BCUT2D eigenvalue weighted by Crippen LogP contribution is -2.52. The van der Waals surface area contributed by atoms with E-state index in [1.54, 1.807) is 13.8 Å². The van der Waals surface area contributed by atoms with Crippen LogP contribution in [0.1, 0.15) is 20.3 Å². The van der Waals surface area contributed by atoms with E-state index in [1.807, 2.05) is 0 Å². The molecule has 0 heterocycles. The van der Waals surface area contributed by atoms with Gasteiger partial charge in [0.15, 0.2) is 0 Å². The Labute approximate surface area is 111 Å². The molecule has 0 aliphatic rings. The minimum absolute atomic E-state index is 0.139. The fraction of sp³-hybridized carbons (Fsp3) is 0.727. The molecular formula is C11H21N3O5. The summed E-state index contributed by atoms with van der Waals surface area (Å²) in [6.45, 7) is 3.34. The van der Waals surface area contributed by atoms with Gasteiger partial charge in [0, 0.05) is 26.2 Å². The van der Waals surface area contributed by atoms with Crippen LogP contribution in [0.3, 0.4) is 0 Å². The standard InChI is InChI=1S/C11H21N3O5/c1-7(2)14(6-9(12)15)11(18)13-8(10(16)17)4-5-19-3/h7-8H,4-6H2,1-3H3,(H2,12,15)(H,13,18)(H,16,17). The summed E-state index contributed by atoms with van der Waals surface area (Å²) in [6, 6.07) is -1.98. The van der Waals surface area contributed by atoms with Crippen LogP contribution in [0.2, 0.25) is 0 Å². The van der Waals surface area contributed by atoms with Crippen molar-refractivity contribution in [3.8, 4) is 0 Å². The molecule has 0 aliphatic heterocycles. The van der Waals surface area contributed by atoms with Gasteiger partial charge in [-0.3, -0.25) is 4.79 Å². The number of ether oxygens (including phenoxy) is 1. The van der Waals surface area contributed by atoms with Gasteiger partial charge in [-0.15, -0.1) is 0 Å². The zero-order valence-electron chi connectivity index (χ0n) is 11.4. The Morgan fingerprint density at radius 1 is 1.37 bits per heavy atom. The van der Waals surface area contributed by atoms with Gasteiger partial charge in [-0.1, -0.05) is 0 Å². The van der Waals surface area contributed by atoms with E-state index in [4.69, 9.17) is 15.6 Å². The molecule has 0 saturated heterocycles. The summed E-state index contributed by atoms with van der Waals surface area (Å²) in [5.41, 5.74) is 5.04. The Hall–Kier alpha value is -1.83. The molecule has 0 aromatic rings. The molecule has 8 heteroatoms. The monoisotopic (exact) mass is 275 g/mol. The van der Waals surface area contributed by atoms with Crippen molar-refractivity contribution in [2.24, 2.45) is 5.73 Å². The van der Waals surface area contributed by atoms with Crippen LogP contribution in [0.5, 0.6) is 0 Å². The Kier molecular flexibility index (Phi) is 7.50. The molecular weight excluding hydrogens is 254 g/mol. The Balaban J connectivity index is 4.65. The summed E-state index contributed by atoms with van der Waals surface area (Å²) >= 11 is 0. The third kappa shape index (κ3) is 6.61. The Bertz CT molecular complexity index is 332. The van der Waals surface area contributed by atoms with Crippen LogP contribution in [-0.2, 0) is 14.3 Å². The maximum absolute atomic E-state index is 11.9. The number of methoxy groups -OCH3 is 1. The number of amides is 3. The highest BCUT2D eigenvalue weighted by molar-refractivity contribution is 5.86. The van der Waals surface area contributed by atoms with E-state index in [9.17, 15) is 14.4 Å². The van der Waals surface area contributed by atoms with E-state index in [2.05, 4.69) is 5.32 Å². The van der Waals surface area contributed by atoms with Crippen LogP contribution in [-0.4, -0.2) is 60.3 Å². The number of aliphatic carboxylic acids is 1. The minimum Gasteiger partial charge on any atom is -0.480 e. The average Bonchev–Trinajstić information content (AvgIpc) is 2.30. The number of urea groups is 1. The van der Waals surface area contributed by atoms with Crippen molar-refractivity contribution in [2.45, 2.75) is 32.4 Å². The van der Waals surface area contributed by atoms with Crippen LogP contribution in [0, 0.1) is 0 Å². The maximum atomic E-state index is 11.9. The van der Waals surface area contributed by atoms with Crippen molar-refractivity contribution < 1.29 is 24.2 Å². The minimum atomic E-state index is -1.16. The van der Waals surface area contributed by atoms with E-state index in [0.29, 0.717) is 0 Å². The van der Waals surface area contributed by atoms with Gasteiger partial charge in [-0.2, -0.15) is 0 Å². The van der Waals surface area contributed by atoms with Gasteiger partial charge in [0.05, 0.1) is 0 Å². The number of hydrogen-bond acceptors (Lipinski definition) is 4. The van der Waals surface area contributed by atoms with Crippen molar-refractivity contribution in [2.75, 3.05) is 20.3 Å². The van der Waals surface area contributed by atoms with Gasteiger partial charge in [0.2, 0.25) is 5.91 Å². The quantitative estimate of drug-likeness (QED) is 0.545. The molecule has 19 heavy (non-hydrogen) atoms.